The number of carbonyl (C=O) groups is 1. The molecule has 1 aromatic rings. The van der Waals surface area contributed by atoms with Gasteiger partial charge in [0.25, 0.3) is 0 Å². The molecule has 0 saturated carbocycles. The van der Waals surface area contributed by atoms with Crippen molar-refractivity contribution in [3.8, 4) is 0 Å². The quantitative estimate of drug-likeness (QED) is 0.838. The summed E-state index contributed by atoms with van der Waals surface area (Å²) in [6, 6.07) is 4.27. The number of rotatable bonds is 6. The first kappa shape index (κ1) is 16.7. The number of piperidine rings is 1. The van der Waals surface area contributed by atoms with Crippen molar-refractivity contribution >= 4 is 17.4 Å². The Bertz CT molecular complexity index is 466. The summed E-state index contributed by atoms with van der Waals surface area (Å²) in [7, 11) is 0. The van der Waals surface area contributed by atoms with Crippen LogP contribution in [0.5, 0.6) is 0 Å². The number of hydrogen-bond donors (Lipinski definition) is 2. The van der Waals surface area contributed by atoms with E-state index in [-0.39, 0.29) is 12.1 Å². The monoisotopic (exact) mass is 337 g/mol. The van der Waals surface area contributed by atoms with Crippen molar-refractivity contribution in [3.05, 3.63) is 22.4 Å². The molecule has 128 valence electrons. The lowest BCUT2D eigenvalue weighted by molar-refractivity contribution is 0.111. The van der Waals surface area contributed by atoms with Gasteiger partial charge in [-0.3, -0.25) is 4.90 Å². The smallest absolute Gasteiger partial charge is 0.314 e. The maximum absolute atomic E-state index is 11.8. The summed E-state index contributed by atoms with van der Waals surface area (Å²) in [6.07, 6.45) is 4.71. The molecule has 0 radical (unpaired) electrons. The van der Waals surface area contributed by atoms with Crippen LogP contribution in [0.25, 0.3) is 0 Å². The van der Waals surface area contributed by atoms with Crippen LogP contribution in [0, 0.1) is 5.92 Å². The van der Waals surface area contributed by atoms with Crippen molar-refractivity contribution in [2.24, 2.45) is 5.92 Å². The molecular weight excluding hydrogens is 310 g/mol. The van der Waals surface area contributed by atoms with E-state index < -0.39 is 0 Å². The highest BCUT2D eigenvalue weighted by Crippen LogP contribution is 2.20. The van der Waals surface area contributed by atoms with Gasteiger partial charge in [0.1, 0.15) is 0 Å². The van der Waals surface area contributed by atoms with E-state index in [2.05, 4.69) is 33.0 Å². The molecule has 2 N–H and O–H groups in total. The highest BCUT2D eigenvalue weighted by atomic mass is 32.1. The highest BCUT2D eigenvalue weighted by molar-refractivity contribution is 7.09. The largest absolute Gasteiger partial charge is 0.376 e. The SMILES string of the molecule is O=C(NCC1CCN(Cc2cccs2)CC1)NC[C@H]1CCCO1. The summed E-state index contributed by atoms with van der Waals surface area (Å²) in [4.78, 5) is 15.8. The third-order valence-electron chi connectivity index (χ3n) is 4.73. The maximum atomic E-state index is 11.8. The Hall–Kier alpha value is -1.11. The summed E-state index contributed by atoms with van der Waals surface area (Å²) in [5.41, 5.74) is 0. The first-order valence-corrected chi connectivity index (χ1v) is 9.55. The second-order valence-electron chi connectivity index (χ2n) is 6.52. The topological polar surface area (TPSA) is 53.6 Å². The van der Waals surface area contributed by atoms with E-state index in [9.17, 15) is 4.79 Å². The summed E-state index contributed by atoms with van der Waals surface area (Å²) in [5.74, 6) is 0.600. The van der Waals surface area contributed by atoms with Crippen LogP contribution in [0.4, 0.5) is 4.79 Å². The van der Waals surface area contributed by atoms with Crippen LogP contribution >= 0.6 is 11.3 Å². The van der Waals surface area contributed by atoms with Gasteiger partial charge >= 0.3 is 6.03 Å². The Morgan fingerprint density at radius 1 is 1.26 bits per heavy atom. The molecule has 0 bridgehead atoms. The Morgan fingerprint density at radius 3 is 2.78 bits per heavy atom. The van der Waals surface area contributed by atoms with Gasteiger partial charge in [-0.2, -0.15) is 0 Å². The second kappa shape index (κ2) is 8.66. The van der Waals surface area contributed by atoms with Gasteiger partial charge in [-0.05, 0) is 56.1 Å². The summed E-state index contributed by atoms with van der Waals surface area (Å²) in [5, 5.41) is 8.07. The molecule has 1 atom stereocenters. The fraction of sp³-hybridized carbons (Fsp3) is 0.706. The molecule has 6 heteroatoms. The molecule has 0 aliphatic carbocycles. The molecule has 2 fully saturated rings. The number of likely N-dealkylation sites (tertiary alicyclic amines) is 1. The van der Waals surface area contributed by atoms with Crippen molar-refractivity contribution in [2.45, 2.75) is 38.3 Å². The second-order valence-corrected chi connectivity index (χ2v) is 7.56. The number of thiophene rings is 1. The lowest BCUT2D eigenvalue weighted by atomic mass is 9.97. The van der Waals surface area contributed by atoms with Crippen LogP contribution in [0.15, 0.2) is 17.5 Å². The van der Waals surface area contributed by atoms with E-state index in [1.165, 1.54) is 4.88 Å². The molecule has 2 amide bonds. The van der Waals surface area contributed by atoms with E-state index in [0.29, 0.717) is 12.5 Å². The zero-order valence-corrected chi connectivity index (χ0v) is 14.4. The van der Waals surface area contributed by atoms with E-state index in [1.807, 2.05) is 11.3 Å². The standard InChI is InChI=1S/C17H27N3O2S/c21-17(19-12-15-3-1-9-22-15)18-11-14-5-7-20(8-6-14)13-16-4-2-10-23-16/h2,4,10,14-15H,1,3,5-9,11-13H2,(H2,18,19,21)/t15-/m1/s1. The lowest BCUT2D eigenvalue weighted by Crippen LogP contribution is -2.43. The maximum Gasteiger partial charge on any atom is 0.314 e. The van der Waals surface area contributed by atoms with Crippen molar-refractivity contribution in [1.29, 1.82) is 0 Å². The minimum absolute atomic E-state index is 0.0542. The Morgan fingerprint density at radius 2 is 2.09 bits per heavy atom. The molecule has 23 heavy (non-hydrogen) atoms. The first-order chi connectivity index (χ1) is 11.3. The van der Waals surface area contributed by atoms with Gasteiger partial charge < -0.3 is 15.4 Å². The van der Waals surface area contributed by atoms with Gasteiger partial charge in [0, 0.05) is 31.1 Å². The molecule has 0 unspecified atom stereocenters. The van der Waals surface area contributed by atoms with Crippen LogP contribution < -0.4 is 10.6 Å². The van der Waals surface area contributed by atoms with Crippen molar-refractivity contribution in [1.82, 2.24) is 15.5 Å². The van der Waals surface area contributed by atoms with Gasteiger partial charge in [-0.15, -0.1) is 11.3 Å². The zero-order chi connectivity index (χ0) is 15.9. The van der Waals surface area contributed by atoms with Crippen LogP contribution in [0.2, 0.25) is 0 Å². The average molecular weight is 337 g/mol. The average Bonchev–Trinajstić information content (AvgIpc) is 3.26. The summed E-state index contributed by atoms with van der Waals surface area (Å²) < 4.78 is 5.51. The van der Waals surface area contributed by atoms with Gasteiger partial charge in [-0.25, -0.2) is 4.79 Å². The van der Waals surface area contributed by atoms with Crippen LogP contribution in [0.3, 0.4) is 0 Å². The first-order valence-electron chi connectivity index (χ1n) is 8.67. The number of carbonyl (C=O) groups excluding carboxylic acids is 1. The number of urea groups is 1. The third kappa shape index (κ3) is 5.48. The molecule has 2 saturated heterocycles. The molecule has 5 nitrogen and oxygen atoms in total. The number of nitrogens with one attached hydrogen (secondary N) is 2. The molecular formula is C17H27N3O2S. The van der Waals surface area contributed by atoms with Gasteiger partial charge in [0.05, 0.1) is 6.10 Å². The Kier molecular flexibility index (Phi) is 6.30. The van der Waals surface area contributed by atoms with Crippen molar-refractivity contribution in [3.63, 3.8) is 0 Å². The van der Waals surface area contributed by atoms with E-state index in [4.69, 9.17) is 4.74 Å². The Labute approximate surface area is 142 Å². The van der Waals surface area contributed by atoms with Gasteiger partial charge in [0.2, 0.25) is 0 Å². The predicted molar refractivity (Wildman–Crippen MR) is 92.7 cm³/mol. The predicted octanol–water partition coefficient (Wildman–Crippen LogP) is 2.44. The lowest BCUT2D eigenvalue weighted by Gasteiger charge is -2.31. The molecule has 1 aromatic heterocycles. The van der Waals surface area contributed by atoms with Crippen LogP contribution in [0.1, 0.15) is 30.6 Å². The fourth-order valence-electron chi connectivity index (χ4n) is 3.28. The molecule has 3 heterocycles. The molecule has 3 rings (SSSR count). The Balaban J connectivity index is 1.27. The van der Waals surface area contributed by atoms with E-state index in [1.54, 1.807) is 0 Å². The number of hydrogen-bond acceptors (Lipinski definition) is 4. The van der Waals surface area contributed by atoms with Gasteiger partial charge in [0.15, 0.2) is 0 Å². The number of amides is 2. The van der Waals surface area contributed by atoms with Gasteiger partial charge in [-0.1, -0.05) is 6.07 Å². The minimum Gasteiger partial charge on any atom is -0.376 e. The minimum atomic E-state index is -0.0542. The van der Waals surface area contributed by atoms with Crippen LogP contribution in [-0.2, 0) is 11.3 Å². The zero-order valence-electron chi connectivity index (χ0n) is 13.6. The molecule has 2 aliphatic heterocycles. The van der Waals surface area contributed by atoms with Crippen LogP contribution in [-0.4, -0.2) is 49.8 Å². The summed E-state index contributed by atoms with van der Waals surface area (Å²) in [6.45, 7) is 5.57. The molecule has 0 aromatic carbocycles. The number of ether oxygens (including phenoxy) is 1. The normalized spacial score (nSPS) is 23.0. The fourth-order valence-corrected chi connectivity index (χ4v) is 4.03. The number of nitrogens with zero attached hydrogens (tertiary/aromatic N) is 1. The van der Waals surface area contributed by atoms with Crippen molar-refractivity contribution < 1.29 is 9.53 Å². The molecule has 2 aliphatic rings. The van der Waals surface area contributed by atoms with Crippen molar-refractivity contribution in [2.75, 3.05) is 32.8 Å². The van der Waals surface area contributed by atoms with E-state index in [0.717, 1.165) is 58.5 Å². The highest BCUT2D eigenvalue weighted by Gasteiger charge is 2.20. The molecule has 0 spiro atoms. The van der Waals surface area contributed by atoms with E-state index >= 15 is 0 Å². The summed E-state index contributed by atoms with van der Waals surface area (Å²) >= 11 is 1.83. The third-order valence-corrected chi connectivity index (χ3v) is 5.59.